The van der Waals surface area contributed by atoms with E-state index in [1.807, 2.05) is 19.1 Å². The zero-order valence-corrected chi connectivity index (χ0v) is 13.2. The second-order valence-electron chi connectivity index (χ2n) is 5.63. The van der Waals surface area contributed by atoms with Crippen LogP contribution in [-0.4, -0.2) is 24.9 Å². The number of benzene rings is 1. The highest BCUT2D eigenvalue weighted by Crippen LogP contribution is 2.27. The molecular formula is C17H14FN5O. The van der Waals surface area contributed by atoms with Crippen LogP contribution in [0.4, 0.5) is 4.39 Å². The van der Waals surface area contributed by atoms with E-state index in [1.165, 1.54) is 12.1 Å². The van der Waals surface area contributed by atoms with Gasteiger partial charge < -0.3 is 4.52 Å². The first-order chi connectivity index (χ1) is 11.6. The van der Waals surface area contributed by atoms with Crippen molar-refractivity contribution < 1.29 is 8.91 Å². The zero-order valence-electron chi connectivity index (χ0n) is 13.2. The molecule has 6 nitrogen and oxygen atoms in total. The molecule has 4 rings (SSSR count). The highest BCUT2D eigenvalue weighted by atomic mass is 19.1. The Morgan fingerprint density at radius 2 is 2.08 bits per heavy atom. The Morgan fingerprint density at radius 1 is 1.21 bits per heavy atom. The van der Waals surface area contributed by atoms with Crippen molar-refractivity contribution >= 4 is 10.9 Å². The SMILES string of the molecule is Cc1ccc(Cc2noc(-c3nn(C)c4ccc(F)cc34)n2)cn1. The van der Waals surface area contributed by atoms with Gasteiger partial charge in [-0.25, -0.2) is 4.39 Å². The van der Waals surface area contributed by atoms with Crippen LogP contribution in [0.25, 0.3) is 22.5 Å². The summed E-state index contributed by atoms with van der Waals surface area (Å²) >= 11 is 0. The van der Waals surface area contributed by atoms with Gasteiger partial charge in [-0.05, 0) is 36.8 Å². The fourth-order valence-electron chi connectivity index (χ4n) is 2.60. The molecule has 0 saturated carbocycles. The monoisotopic (exact) mass is 323 g/mol. The van der Waals surface area contributed by atoms with Gasteiger partial charge in [0.1, 0.15) is 5.82 Å². The molecule has 0 fully saturated rings. The average Bonchev–Trinajstić information content (AvgIpc) is 3.14. The molecule has 3 aromatic heterocycles. The molecule has 0 atom stereocenters. The summed E-state index contributed by atoms with van der Waals surface area (Å²) in [6, 6.07) is 8.41. The minimum atomic E-state index is -0.331. The average molecular weight is 323 g/mol. The molecule has 3 heterocycles. The molecule has 0 saturated heterocycles. The molecule has 4 aromatic rings. The van der Waals surface area contributed by atoms with E-state index in [0.29, 0.717) is 23.3 Å². The summed E-state index contributed by atoms with van der Waals surface area (Å²) in [6.45, 7) is 1.93. The van der Waals surface area contributed by atoms with E-state index in [1.54, 1.807) is 24.0 Å². The van der Waals surface area contributed by atoms with Crippen LogP contribution in [0.2, 0.25) is 0 Å². The first-order valence-corrected chi connectivity index (χ1v) is 7.47. The molecule has 0 radical (unpaired) electrons. The fourth-order valence-corrected chi connectivity index (χ4v) is 2.60. The number of hydrogen-bond acceptors (Lipinski definition) is 5. The van der Waals surface area contributed by atoms with Crippen molar-refractivity contribution in [3.05, 3.63) is 59.4 Å². The van der Waals surface area contributed by atoms with Crippen LogP contribution in [0.5, 0.6) is 0 Å². The standard InChI is InChI=1S/C17H14FN5O/c1-10-3-4-11(9-19-10)7-15-20-17(24-22-15)16-13-8-12(18)5-6-14(13)23(2)21-16/h3-6,8-9H,7H2,1-2H3. The lowest BCUT2D eigenvalue weighted by atomic mass is 10.2. The van der Waals surface area contributed by atoms with Crippen molar-refractivity contribution in [1.82, 2.24) is 24.9 Å². The van der Waals surface area contributed by atoms with Gasteiger partial charge in [0.15, 0.2) is 11.5 Å². The molecule has 24 heavy (non-hydrogen) atoms. The van der Waals surface area contributed by atoms with Crippen LogP contribution >= 0.6 is 0 Å². The van der Waals surface area contributed by atoms with Gasteiger partial charge in [0.05, 0.1) is 5.52 Å². The summed E-state index contributed by atoms with van der Waals surface area (Å²) < 4.78 is 20.5. The minimum Gasteiger partial charge on any atom is -0.332 e. The van der Waals surface area contributed by atoms with Gasteiger partial charge in [0, 0.05) is 30.7 Å². The molecule has 0 aliphatic rings. The highest BCUT2D eigenvalue weighted by Gasteiger charge is 2.17. The van der Waals surface area contributed by atoms with E-state index >= 15 is 0 Å². The number of halogens is 1. The Kier molecular flexibility index (Phi) is 3.34. The topological polar surface area (TPSA) is 69.6 Å². The van der Waals surface area contributed by atoms with E-state index in [2.05, 4.69) is 20.2 Å². The Hall–Kier alpha value is -3.09. The normalized spacial score (nSPS) is 11.3. The summed E-state index contributed by atoms with van der Waals surface area (Å²) in [4.78, 5) is 8.64. The van der Waals surface area contributed by atoms with Gasteiger partial charge in [-0.3, -0.25) is 9.67 Å². The maximum Gasteiger partial charge on any atom is 0.279 e. The van der Waals surface area contributed by atoms with Crippen LogP contribution < -0.4 is 0 Å². The minimum absolute atomic E-state index is 0.279. The van der Waals surface area contributed by atoms with Gasteiger partial charge in [0.2, 0.25) is 0 Å². The van der Waals surface area contributed by atoms with E-state index in [0.717, 1.165) is 16.8 Å². The number of aromatic nitrogens is 5. The quantitative estimate of drug-likeness (QED) is 0.579. The predicted molar refractivity (Wildman–Crippen MR) is 85.7 cm³/mol. The molecule has 1 aromatic carbocycles. The van der Waals surface area contributed by atoms with Crippen molar-refractivity contribution in [1.29, 1.82) is 0 Å². The maximum atomic E-state index is 13.6. The van der Waals surface area contributed by atoms with E-state index in [-0.39, 0.29) is 11.7 Å². The predicted octanol–water partition coefficient (Wildman–Crippen LogP) is 3.06. The number of hydrogen-bond donors (Lipinski definition) is 0. The summed E-state index contributed by atoms with van der Waals surface area (Å²) in [5.41, 5.74) is 3.22. The Bertz CT molecular complexity index is 1020. The summed E-state index contributed by atoms with van der Waals surface area (Å²) in [5.74, 6) is 0.481. The van der Waals surface area contributed by atoms with Gasteiger partial charge in [-0.1, -0.05) is 11.2 Å². The Morgan fingerprint density at radius 3 is 2.88 bits per heavy atom. The Labute approximate surface area is 136 Å². The van der Waals surface area contributed by atoms with Crippen LogP contribution in [0.1, 0.15) is 17.1 Å². The molecule has 0 aliphatic heterocycles. The molecule has 0 bridgehead atoms. The Balaban J connectivity index is 1.70. The summed E-state index contributed by atoms with van der Waals surface area (Å²) in [7, 11) is 1.79. The first kappa shape index (κ1) is 14.5. The van der Waals surface area contributed by atoms with E-state index in [9.17, 15) is 4.39 Å². The number of pyridine rings is 1. The third-order valence-electron chi connectivity index (χ3n) is 3.82. The molecule has 0 spiro atoms. The van der Waals surface area contributed by atoms with Crippen LogP contribution in [-0.2, 0) is 13.5 Å². The van der Waals surface area contributed by atoms with Crippen molar-refractivity contribution in [2.45, 2.75) is 13.3 Å². The summed E-state index contributed by atoms with van der Waals surface area (Å²) in [5, 5.41) is 9.01. The summed E-state index contributed by atoms with van der Waals surface area (Å²) in [6.07, 6.45) is 2.30. The number of nitrogens with zero attached hydrogens (tertiary/aromatic N) is 5. The molecule has 0 aliphatic carbocycles. The molecule has 0 N–H and O–H groups in total. The maximum absolute atomic E-state index is 13.6. The van der Waals surface area contributed by atoms with Crippen LogP contribution in [0.3, 0.4) is 0 Å². The third-order valence-corrected chi connectivity index (χ3v) is 3.82. The van der Waals surface area contributed by atoms with E-state index < -0.39 is 0 Å². The van der Waals surface area contributed by atoms with Crippen LogP contribution in [0.15, 0.2) is 41.1 Å². The highest BCUT2D eigenvalue weighted by molar-refractivity contribution is 5.91. The molecule has 0 amide bonds. The molecule has 7 heteroatoms. The second kappa shape index (κ2) is 5.52. The van der Waals surface area contributed by atoms with Gasteiger partial charge in [-0.2, -0.15) is 10.1 Å². The van der Waals surface area contributed by atoms with E-state index in [4.69, 9.17) is 4.52 Å². The van der Waals surface area contributed by atoms with Crippen molar-refractivity contribution in [2.75, 3.05) is 0 Å². The van der Waals surface area contributed by atoms with Gasteiger partial charge in [-0.15, -0.1) is 0 Å². The molecule has 120 valence electrons. The largest absolute Gasteiger partial charge is 0.332 e. The molecular weight excluding hydrogens is 309 g/mol. The van der Waals surface area contributed by atoms with Gasteiger partial charge >= 0.3 is 0 Å². The van der Waals surface area contributed by atoms with Gasteiger partial charge in [0.25, 0.3) is 5.89 Å². The smallest absolute Gasteiger partial charge is 0.279 e. The number of rotatable bonds is 3. The lowest BCUT2D eigenvalue weighted by Gasteiger charge is -1.96. The van der Waals surface area contributed by atoms with Crippen LogP contribution in [0, 0.1) is 12.7 Å². The number of fused-ring (bicyclic) bond motifs is 1. The van der Waals surface area contributed by atoms with Crippen molar-refractivity contribution in [3.63, 3.8) is 0 Å². The lowest BCUT2D eigenvalue weighted by molar-refractivity contribution is 0.422. The lowest BCUT2D eigenvalue weighted by Crippen LogP contribution is -1.93. The van der Waals surface area contributed by atoms with Crippen molar-refractivity contribution in [3.8, 4) is 11.6 Å². The second-order valence-corrected chi connectivity index (χ2v) is 5.63. The number of aryl methyl sites for hydroxylation is 2. The third kappa shape index (κ3) is 2.54. The first-order valence-electron chi connectivity index (χ1n) is 7.47. The van der Waals surface area contributed by atoms with Crippen molar-refractivity contribution in [2.24, 2.45) is 7.05 Å². The fraction of sp³-hybridized carbons (Fsp3) is 0.176. The molecule has 0 unspecified atom stereocenters. The zero-order chi connectivity index (χ0) is 16.7.